The molecule has 0 aliphatic carbocycles. The molecule has 9 heteroatoms. The second-order valence-corrected chi connectivity index (χ2v) is 5.62. The van der Waals surface area contributed by atoms with E-state index in [-0.39, 0.29) is 5.75 Å². The van der Waals surface area contributed by atoms with Crippen molar-refractivity contribution in [3.8, 4) is 11.5 Å². The summed E-state index contributed by atoms with van der Waals surface area (Å²) in [6.07, 6.45) is 4.06. The van der Waals surface area contributed by atoms with Crippen LogP contribution in [-0.2, 0) is 5.75 Å². The average molecular weight is 344 g/mol. The van der Waals surface area contributed by atoms with Crippen molar-refractivity contribution in [2.24, 2.45) is 5.10 Å². The molecule has 0 fully saturated rings. The number of phenolic OH excluding ortho intramolecular Hbond substituents is 1. The Morgan fingerprint density at radius 3 is 2.83 bits per heavy atom. The number of aromatic nitrogens is 3. The maximum atomic E-state index is 11.4. The van der Waals surface area contributed by atoms with Crippen LogP contribution >= 0.6 is 11.8 Å². The summed E-state index contributed by atoms with van der Waals surface area (Å²) in [7, 11) is 0. The molecule has 2 heterocycles. The Balaban J connectivity index is 1.69. The minimum atomic E-state index is -0.497. The molecule has 24 heavy (non-hydrogen) atoms. The highest BCUT2D eigenvalue weighted by Gasteiger charge is 2.07. The molecule has 0 aliphatic rings. The predicted octanol–water partition coefficient (Wildman–Crippen LogP) is 1.82. The van der Waals surface area contributed by atoms with Crippen LogP contribution in [-0.4, -0.2) is 31.3 Å². The van der Waals surface area contributed by atoms with Crippen molar-refractivity contribution in [2.45, 2.75) is 10.9 Å². The molecule has 8 nitrogen and oxygen atoms in total. The Kier molecular flexibility index (Phi) is 4.62. The lowest BCUT2D eigenvalue weighted by Crippen LogP contribution is -1.99. The van der Waals surface area contributed by atoms with E-state index in [1.807, 2.05) is 0 Å². The fourth-order valence-electron chi connectivity index (χ4n) is 1.74. The Morgan fingerprint density at radius 2 is 2.08 bits per heavy atom. The quantitative estimate of drug-likeness (QED) is 0.536. The molecule has 0 amide bonds. The molecule has 0 spiro atoms. The zero-order valence-electron chi connectivity index (χ0n) is 12.2. The SMILES string of the molecule is O=c1cc(CSc2nncn2/N=C/c2ccc(O)cc2)occ1O. The van der Waals surface area contributed by atoms with Crippen molar-refractivity contribution < 1.29 is 14.6 Å². The van der Waals surface area contributed by atoms with Crippen LogP contribution < -0.4 is 5.43 Å². The maximum Gasteiger partial charge on any atom is 0.226 e. The molecule has 0 saturated carbocycles. The van der Waals surface area contributed by atoms with E-state index in [0.29, 0.717) is 16.7 Å². The third-order valence-electron chi connectivity index (χ3n) is 2.93. The molecule has 0 aliphatic heterocycles. The van der Waals surface area contributed by atoms with Crippen molar-refractivity contribution in [1.82, 2.24) is 14.9 Å². The number of hydrogen-bond donors (Lipinski definition) is 2. The highest BCUT2D eigenvalue weighted by Crippen LogP contribution is 2.20. The number of rotatable bonds is 5. The normalized spacial score (nSPS) is 11.2. The van der Waals surface area contributed by atoms with Crippen molar-refractivity contribution in [3.05, 3.63) is 64.5 Å². The van der Waals surface area contributed by atoms with E-state index in [4.69, 9.17) is 9.52 Å². The molecular weight excluding hydrogens is 332 g/mol. The van der Waals surface area contributed by atoms with E-state index in [1.54, 1.807) is 30.5 Å². The van der Waals surface area contributed by atoms with Gasteiger partial charge in [-0.25, -0.2) is 0 Å². The zero-order chi connectivity index (χ0) is 16.9. The Labute approximate surface area is 140 Å². The van der Waals surface area contributed by atoms with Crippen LogP contribution in [0.5, 0.6) is 11.5 Å². The standard InChI is InChI=1S/C15H12N4O4S/c20-11-3-1-10(2-4-11)6-17-19-9-16-18-15(19)24-8-12-5-13(21)14(22)7-23-12/h1-7,9,20,22H,8H2/b17-6+. The second kappa shape index (κ2) is 7.01. The largest absolute Gasteiger partial charge is 0.508 e. The summed E-state index contributed by atoms with van der Waals surface area (Å²) in [5.74, 6) is 0.497. The van der Waals surface area contributed by atoms with Gasteiger partial charge in [0.25, 0.3) is 0 Å². The van der Waals surface area contributed by atoms with E-state index in [1.165, 1.54) is 28.8 Å². The van der Waals surface area contributed by atoms with Gasteiger partial charge in [0, 0.05) is 6.07 Å². The lowest BCUT2D eigenvalue weighted by molar-refractivity contribution is 0.419. The predicted molar refractivity (Wildman–Crippen MR) is 87.3 cm³/mol. The van der Waals surface area contributed by atoms with Gasteiger partial charge in [0.15, 0.2) is 5.75 Å². The highest BCUT2D eigenvalue weighted by atomic mass is 32.2. The molecule has 3 rings (SSSR count). The van der Waals surface area contributed by atoms with Crippen LogP contribution in [0.3, 0.4) is 0 Å². The van der Waals surface area contributed by atoms with Crippen molar-refractivity contribution >= 4 is 18.0 Å². The third-order valence-corrected chi connectivity index (χ3v) is 3.89. The fraction of sp³-hybridized carbons (Fsp3) is 0.0667. The Morgan fingerprint density at radius 1 is 1.29 bits per heavy atom. The summed E-state index contributed by atoms with van der Waals surface area (Å²) in [6.45, 7) is 0. The van der Waals surface area contributed by atoms with Crippen LogP contribution in [0.1, 0.15) is 11.3 Å². The number of aromatic hydroxyl groups is 2. The highest BCUT2D eigenvalue weighted by molar-refractivity contribution is 7.98. The molecule has 3 aromatic rings. The van der Waals surface area contributed by atoms with E-state index < -0.39 is 11.2 Å². The minimum absolute atomic E-state index is 0.183. The fourth-order valence-corrected chi connectivity index (χ4v) is 2.49. The molecule has 0 bridgehead atoms. The van der Waals surface area contributed by atoms with Gasteiger partial charge < -0.3 is 14.6 Å². The number of phenols is 1. The first-order chi connectivity index (χ1) is 11.6. The zero-order valence-corrected chi connectivity index (χ0v) is 13.1. The third kappa shape index (κ3) is 3.82. The van der Waals surface area contributed by atoms with Crippen LogP contribution in [0, 0.1) is 0 Å². The van der Waals surface area contributed by atoms with Gasteiger partial charge in [-0.05, 0) is 29.8 Å². The molecule has 0 unspecified atom stereocenters. The summed E-state index contributed by atoms with van der Waals surface area (Å²) < 4.78 is 6.61. The first kappa shape index (κ1) is 15.8. The van der Waals surface area contributed by atoms with Gasteiger partial charge in [0.2, 0.25) is 10.6 Å². The van der Waals surface area contributed by atoms with Gasteiger partial charge in [-0.15, -0.1) is 10.2 Å². The first-order valence-electron chi connectivity index (χ1n) is 6.79. The van der Waals surface area contributed by atoms with E-state index in [9.17, 15) is 9.90 Å². The number of benzene rings is 1. The Bertz CT molecular complexity index is 918. The van der Waals surface area contributed by atoms with E-state index in [0.717, 1.165) is 11.8 Å². The van der Waals surface area contributed by atoms with Crippen LogP contribution in [0.2, 0.25) is 0 Å². The summed E-state index contributed by atoms with van der Waals surface area (Å²) >= 11 is 1.28. The molecule has 0 saturated heterocycles. The van der Waals surface area contributed by atoms with Gasteiger partial charge in [-0.2, -0.15) is 9.78 Å². The summed E-state index contributed by atoms with van der Waals surface area (Å²) in [4.78, 5) is 11.4. The van der Waals surface area contributed by atoms with Crippen LogP contribution in [0.4, 0.5) is 0 Å². The summed E-state index contributed by atoms with van der Waals surface area (Å²) in [6, 6.07) is 7.80. The number of thioether (sulfide) groups is 1. The molecule has 2 N–H and O–H groups in total. The maximum absolute atomic E-state index is 11.4. The summed E-state index contributed by atoms with van der Waals surface area (Å²) in [5.41, 5.74) is 0.311. The first-order valence-corrected chi connectivity index (χ1v) is 7.77. The second-order valence-electron chi connectivity index (χ2n) is 4.68. The van der Waals surface area contributed by atoms with Crippen LogP contribution in [0.15, 0.2) is 62.4 Å². The molecule has 2 aromatic heterocycles. The molecular formula is C15H12N4O4S. The van der Waals surface area contributed by atoms with Gasteiger partial charge in [-0.1, -0.05) is 11.8 Å². The van der Waals surface area contributed by atoms with Gasteiger partial charge in [0.05, 0.1) is 12.0 Å². The number of nitrogens with zero attached hydrogens (tertiary/aromatic N) is 4. The van der Waals surface area contributed by atoms with Crippen molar-refractivity contribution in [2.75, 3.05) is 0 Å². The molecule has 0 atom stereocenters. The molecule has 122 valence electrons. The van der Waals surface area contributed by atoms with Gasteiger partial charge in [-0.3, -0.25) is 4.79 Å². The monoisotopic (exact) mass is 344 g/mol. The van der Waals surface area contributed by atoms with Gasteiger partial charge >= 0.3 is 0 Å². The summed E-state index contributed by atoms with van der Waals surface area (Å²) in [5, 5.41) is 30.9. The van der Waals surface area contributed by atoms with E-state index >= 15 is 0 Å². The average Bonchev–Trinajstić information content (AvgIpc) is 3.03. The smallest absolute Gasteiger partial charge is 0.226 e. The lowest BCUT2D eigenvalue weighted by atomic mass is 10.2. The molecule has 0 radical (unpaired) electrons. The van der Waals surface area contributed by atoms with Crippen LogP contribution in [0.25, 0.3) is 0 Å². The van der Waals surface area contributed by atoms with Gasteiger partial charge in [0.1, 0.15) is 24.1 Å². The number of hydrogen-bond acceptors (Lipinski definition) is 8. The topological polar surface area (TPSA) is 114 Å². The Hall–Kier alpha value is -3.07. The molecule has 1 aromatic carbocycles. The van der Waals surface area contributed by atoms with Crippen molar-refractivity contribution in [3.63, 3.8) is 0 Å². The lowest BCUT2D eigenvalue weighted by Gasteiger charge is -2.01. The minimum Gasteiger partial charge on any atom is -0.508 e. The van der Waals surface area contributed by atoms with Crippen molar-refractivity contribution in [1.29, 1.82) is 0 Å². The van der Waals surface area contributed by atoms with E-state index in [2.05, 4.69) is 15.3 Å².